The summed E-state index contributed by atoms with van der Waals surface area (Å²) in [6.07, 6.45) is 0.476. The van der Waals surface area contributed by atoms with Gasteiger partial charge in [-0.05, 0) is 47.0 Å². The van der Waals surface area contributed by atoms with Crippen LogP contribution in [0.1, 0.15) is 67.7 Å². The number of hydrogen-bond acceptors (Lipinski definition) is 12. The Labute approximate surface area is 252 Å². The zero-order valence-corrected chi connectivity index (χ0v) is 26.6. The van der Waals surface area contributed by atoms with Crippen LogP contribution in [-0.4, -0.2) is 111 Å². The van der Waals surface area contributed by atoms with E-state index in [0.717, 1.165) is 0 Å². The second-order valence-electron chi connectivity index (χ2n) is 11.3. The lowest BCUT2D eigenvalue weighted by Gasteiger charge is -2.33. The number of carbonyl (C=O) groups is 5. The van der Waals surface area contributed by atoms with Crippen molar-refractivity contribution in [3.05, 3.63) is 0 Å². The van der Waals surface area contributed by atoms with Gasteiger partial charge in [0.05, 0.1) is 30.6 Å². The van der Waals surface area contributed by atoms with Gasteiger partial charge in [0.15, 0.2) is 0 Å². The molecule has 0 aromatic heterocycles. The lowest BCUT2D eigenvalue weighted by molar-refractivity contribution is -0.156. The molecule has 0 radical (unpaired) electrons. The maximum atomic E-state index is 13.2. The Balaban J connectivity index is 1.89. The van der Waals surface area contributed by atoms with Crippen molar-refractivity contribution in [3.63, 3.8) is 0 Å². The van der Waals surface area contributed by atoms with Crippen LogP contribution >= 0.6 is 0 Å². The Bertz CT molecular complexity index is 1120. The molecule has 2 aliphatic heterocycles. The number of piperidine rings is 1. The van der Waals surface area contributed by atoms with E-state index in [1.165, 1.54) is 23.6 Å². The average molecular weight is 637 g/mol. The first-order valence-electron chi connectivity index (χ1n) is 14.3. The SMILES string of the molecule is CCOC(=O)C(C)(C)COS(=O)(=O)ON1C(=O)N([C@@H](CC)C(=O)NC2CCN(C(=O)OCOC(=O)C(C)C)CC2)C[C@@H]1C. The summed E-state index contributed by atoms with van der Waals surface area (Å²) in [5, 5.41) is 3.54. The zero-order valence-electron chi connectivity index (χ0n) is 25.8. The van der Waals surface area contributed by atoms with Crippen LogP contribution in [0.5, 0.6) is 0 Å². The molecule has 2 atom stereocenters. The summed E-state index contributed by atoms with van der Waals surface area (Å²) in [6, 6.07) is -2.75. The molecule has 2 rings (SSSR count). The van der Waals surface area contributed by atoms with Gasteiger partial charge in [0.2, 0.25) is 12.7 Å². The number of esters is 2. The molecule has 0 bridgehead atoms. The van der Waals surface area contributed by atoms with Crippen LogP contribution in [0.4, 0.5) is 9.59 Å². The van der Waals surface area contributed by atoms with Crippen molar-refractivity contribution in [2.75, 3.05) is 39.6 Å². The Kier molecular flexibility index (Phi) is 13.0. The van der Waals surface area contributed by atoms with Gasteiger partial charge in [-0.2, -0.15) is 13.5 Å². The molecule has 0 unspecified atom stereocenters. The minimum atomic E-state index is -4.73. The fraction of sp³-hybridized carbons (Fsp3) is 0.808. The summed E-state index contributed by atoms with van der Waals surface area (Å²) in [5.41, 5.74) is -1.29. The number of nitrogens with zero attached hydrogens (tertiary/aromatic N) is 3. The smallest absolute Gasteiger partial charge is 0.421 e. The van der Waals surface area contributed by atoms with Crippen LogP contribution in [0.2, 0.25) is 0 Å². The highest BCUT2D eigenvalue weighted by Gasteiger charge is 2.44. The topological polar surface area (TPSA) is 187 Å². The largest absolute Gasteiger partial charge is 0.466 e. The molecule has 0 saturated carbocycles. The van der Waals surface area contributed by atoms with Gasteiger partial charge in [-0.1, -0.05) is 20.8 Å². The average Bonchev–Trinajstić information content (AvgIpc) is 3.20. The fourth-order valence-corrected chi connectivity index (χ4v) is 5.18. The van der Waals surface area contributed by atoms with Crippen molar-refractivity contribution < 1.29 is 55.1 Å². The first-order valence-corrected chi connectivity index (χ1v) is 15.6. The Morgan fingerprint density at radius 2 is 1.67 bits per heavy atom. The summed E-state index contributed by atoms with van der Waals surface area (Å²) >= 11 is 0. The van der Waals surface area contributed by atoms with Crippen molar-refractivity contribution in [3.8, 4) is 0 Å². The van der Waals surface area contributed by atoms with Gasteiger partial charge in [0.1, 0.15) is 6.04 Å². The Morgan fingerprint density at radius 3 is 2.23 bits per heavy atom. The van der Waals surface area contributed by atoms with Crippen molar-refractivity contribution in [2.45, 2.75) is 85.9 Å². The molecule has 2 heterocycles. The first-order chi connectivity index (χ1) is 20.0. The standard InChI is InChI=1S/C26H44N4O12S/c1-8-20(21(31)27-19-10-12-28(13-11-19)25(35)40-16-39-22(32)17(3)4)29-14-18(5)30(24(29)34)42-43(36,37)41-15-26(6,7)23(33)38-9-2/h17-20H,8-16H2,1-7H3,(H,27,31)/t18-,20-/m0/s1. The first kappa shape index (κ1) is 36.0. The number of rotatable bonds is 14. The predicted molar refractivity (Wildman–Crippen MR) is 149 cm³/mol. The molecule has 0 aromatic rings. The van der Waals surface area contributed by atoms with E-state index in [9.17, 15) is 32.4 Å². The lowest BCUT2D eigenvalue weighted by atomic mass is 9.95. The third-order valence-electron chi connectivity index (χ3n) is 6.88. The minimum absolute atomic E-state index is 0.0142. The molecular formula is C26H44N4O12S. The van der Waals surface area contributed by atoms with Crippen LogP contribution in [0.15, 0.2) is 0 Å². The third-order valence-corrected chi connectivity index (χ3v) is 7.63. The zero-order chi connectivity index (χ0) is 32.5. The maximum absolute atomic E-state index is 13.2. The van der Waals surface area contributed by atoms with E-state index in [0.29, 0.717) is 31.0 Å². The van der Waals surface area contributed by atoms with E-state index in [4.69, 9.17) is 22.7 Å². The lowest BCUT2D eigenvalue weighted by Crippen LogP contribution is -2.53. The van der Waals surface area contributed by atoms with Gasteiger partial charge in [-0.3, -0.25) is 14.4 Å². The van der Waals surface area contributed by atoms with E-state index in [-0.39, 0.29) is 31.5 Å². The normalized spacial score (nSPS) is 18.9. The molecule has 0 spiro atoms. The highest BCUT2D eigenvalue weighted by atomic mass is 32.3. The number of likely N-dealkylation sites (tertiary alicyclic amines) is 1. The molecule has 2 aliphatic rings. The van der Waals surface area contributed by atoms with Gasteiger partial charge in [0.25, 0.3) is 0 Å². The summed E-state index contributed by atoms with van der Waals surface area (Å²) in [5.74, 6) is -1.91. The Hall–Kier alpha value is -3.18. The molecule has 17 heteroatoms. The Morgan fingerprint density at radius 1 is 1.05 bits per heavy atom. The van der Waals surface area contributed by atoms with E-state index in [1.54, 1.807) is 34.6 Å². The van der Waals surface area contributed by atoms with Gasteiger partial charge < -0.3 is 29.3 Å². The number of hydroxylamine groups is 2. The molecule has 2 fully saturated rings. The van der Waals surface area contributed by atoms with Crippen LogP contribution < -0.4 is 5.32 Å². The fourth-order valence-electron chi connectivity index (χ4n) is 4.29. The van der Waals surface area contributed by atoms with E-state index in [2.05, 4.69) is 5.32 Å². The summed E-state index contributed by atoms with van der Waals surface area (Å²) < 4.78 is 49.5. The number of hydrogen-bond donors (Lipinski definition) is 1. The van der Waals surface area contributed by atoms with Crippen LogP contribution in [0.3, 0.4) is 0 Å². The number of nitrogens with one attached hydrogen (secondary N) is 1. The quantitative estimate of drug-likeness (QED) is 0.214. The van der Waals surface area contributed by atoms with Gasteiger partial charge in [-0.25, -0.2) is 13.8 Å². The molecule has 4 amide bonds. The third kappa shape index (κ3) is 10.2. The van der Waals surface area contributed by atoms with Crippen molar-refractivity contribution in [2.24, 2.45) is 11.3 Å². The molecule has 2 saturated heterocycles. The minimum Gasteiger partial charge on any atom is -0.466 e. The molecule has 43 heavy (non-hydrogen) atoms. The van der Waals surface area contributed by atoms with Crippen molar-refractivity contribution >= 4 is 40.4 Å². The molecule has 0 aromatic carbocycles. The second kappa shape index (κ2) is 15.5. The van der Waals surface area contributed by atoms with Gasteiger partial charge >= 0.3 is 34.5 Å². The maximum Gasteiger partial charge on any atom is 0.421 e. The molecule has 0 aliphatic carbocycles. The summed E-state index contributed by atoms with van der Waals surface area (Å²) in [7, 11) is -4.73. The molecule has 1 N–H and O–H groups in total. The van der Waals surface area contributed by atoms with E-state index in [1.807, 2.05) is 0 Å². The molecule has 16 nitrogen and oxygen atoms in total. The highest BCUT2D eigenvalue weighted by Crippen LogP contribution is 2.25. The van der Waals surface area contributed by atoms with Gasteiger partial charge in [-0.15, -0.1) is 4.28 Å². The number of ether oxygens (including phenoxy) is 3. The van der Waals surface area contributed by atoms with Gasteiger partial charge in [0, 0.05) is 25.7 Å². The van der Waals surface area contributed by atoms with Crippen LogP contribution in [0, 0.1) is 11.3 Å². The van der Waals surface area contributed by atoms with Crippen LogP contribution in [0.25, 0.3) is 0 Å². The number of urea groups is 1. The van der Waals surface area contributed by atoms with E-state index >= 15 is 0 Å². The predicted octanol–water partition coefficient (Wildman–Crippen LogP) is 1.55. The molecular weight excluding hydrogens is 592 g/mol. The van der Waals surface area contributed by atoms with Crippen LogP contribution in [-0.2, 0) is 47.5 Å². The summed E-state index contributed by atoms with van der Waals surface area (Å²) in [4.78, 5) is 64.7. The summed E-state index contributed by atoms with van der Waals surface area (Å²) in [6.45, 7) is 10.8. The highest BCUT2D eigenvalue weighted by molar-refractivity contribution is 7.81. The van der Waals surface area contributed by atoms with Crippen molar-refractivity contribution in [1.29, 1.82) is 0 Å². The number of carbonyl (C=O) groups excluding carboxylic acids is 5. The monoisotopic (exact) mass is 636 g/mol. The van der Waals surface area contributed by atoms with E-state index < -0.39 is 71.3 Å². The van der Waals surface area contributed by atoms with Crippen molar-refractivity contribution in [1.82, 2.24) is 20.2 Å². The molecule has 246 valence electrons. The second-order valence-corrected chi connectivity index (χ2v) is 12.5. The number of amides is 4.